The summed E-state index contributed by atoms with van der Waals surface area (Å²) in [5.41, 5.74) is 0.433. The molecule has 0 radical (unpaired) electrons. The molecule has 17 heavy (non-hydrogen) atoms. The Kier molecular flexibility index (Phi) is 4.11. The first kappa shape index (κ1) is 13.3. The van der Waals surface area contributed by atoms with Gasteiger partial charge in [0.2, 0.25) is 0 Å². The predicted octanol–water partition coefficient (Wildman–Crippen LogP) is 1.47. The lowest BCUT2D eigenvalue weighted by Gasteiger charge is -2.31. The van der Waals surface area contributed by atoms with Crippen LogP contribution in [0, 0.1) is 11.3 Å². The SMILES string of the molecule is CC(C)(C)C1CCCN(C2CNCC2O)CC1. The van der Waals surface area contributed by atoms with E-state index in [9.17, 15) is 5.11 Å². The molecule has 3 nitrogen and oxygen atoms in total. The second-order valence-electron chi connectivity index (χ2n) is 6.82. The number of rotatable bonds is 1. The molecule has 100 valence electrons. The number of hydrogen-bond donors (Lipinski definition) is 2. The quantitative estimate of drug-likeness (QED) is 0.728. The van der Waals surface area contributed by atoms with E-state index < -0.39 is 0 Å². The van der Waals surface area contributed by atoms with Gasteiger partial charge in [-0.1, -0.05) is 20.8 Å². The van der Waals surface area contributed by atoms with Crippen molar-refractivity contribution in [2.75, 3.05) is 26.2 Å². The van der Waals surface area contributed by atoms with Crippen LogP contribution in [0.25, 0.3) is 0 Å². The van der Waals surface area contributed by atoms with E-state index in [1.807, 2.05) is 0 Å². The summed E-state index contributed by atoms with van der Waals surface area (Å²) in [4.78, 5) is 2.51. The molecule has 0 bridgehead atoms. The first-order valence-corrected chi connectivity index (χ1v) is 7.11. The third-order valence-electron chi connectivity index (χ3n) is 4.61. The van der Waals surface area contributed by atoms with E-state index in [2.05, 4.69) is 31.0 Å². The Bertz CT molecular complexity index is 249. The Morgan fingerprint density at radius 2 is 1.88 bits per heavy atom. The van der Waals surface area contributed by atoms with Gasteiger partial charge < -0.3 is 10.4 Å². The number of aliphatic hydroxyl groups is 1. The number of likely N-dealkylation sites (tertiary alicyclic amines) is 1. The van der Waals surface area contributed by atoms with Crippen LogP contribution in [0.2, 0.25) is 0 Å². The van der Waals surface area contributed by atoms with Gasteiger partial charge in [0.15, 0.2) is 0 Å². The zero-order chi connectivity index (χ0) is 12.5. The topological polar surface area (TPSA) is 35.5 Å². The van der Waals surface area contributed by atoms with Crippen molar-refractivity contribution in [2.24, 2.45) is 11.3 Å². The lowest BCUT2D eigenvalue weighted by atomic mass is 9.77. The number of aliphatic hydroxyl groups excluding tert-OH is 1. The van der Waals surface area contributed by atoms with Crippen LogP contribution in [0.15, 0.2) is 0 Å². The standard InChI is InChI=1S/C14H28N2O/c1-14(2,3)11-5-4-7-16(8-6-11)12-9-15-10-13(12)17/h11-13,15,17H,4-10H2,1-3H3. The van der Waals surface area contributed by atoms with E-state index in [0.29, 0.717) is 11.5 Å². The maximum Gasteiger partial charge on any atom is 0.0831 e. The Hall–Kier alpha value is -0.120. The molecule has 2 fully saturated rings. The van der Waals surface area contributed by atoms with Crippen LogP contribution in [0.5, 0.6) is 0 Å². The van der Waals surface area contributed by atoms with Gasteiger partial charge in [-0.15, -0.1) is 0 Å². The molecule has 0 aromatic heterocycles. The van der Waals surface area contributed by atoms with Crippen LogP contribution in [0.1, 0.15) is 40.0 Å². The number of nitrogens with zero attached hydrogens (tertiary/aromatic N) is 1. The molecule has 0 aromatic rings. The van der Waals surface area contributed by atoms with Crippen molar-refractivity contribution in [1.29, 1.82) is 0 Å². The number of hydrogen-bond acceptors (Lipinski definition) is 3. The van der Waals surface area contributed by atoms with Gasteiger partial charge in [0.05, 0.1) is 6.10 Å². The zero-order valence-corrected chi connectivity index (χ0v) is 11.6. The normalized spacial score (nSPS) is 37.1. The van der Waals surface area contributed by atoms with Crippen molar-refractivity contribution < 1.29 is 5.11 Å². The lowest BCUT2D eigenvalue weighted by Crippen LogP contribution is -2.43. The molecule has 2 rings (SSSR count). The minimum absolute atomic E-state index is 0.166. The van der Waals surface area contributed by atoms with Gasteiger partial charge in [0, 0.05) is 19.1 Å². The van der Waals surface area contributed by atoms with Crippen LogP contribution in [-0.2, 0) is 0 Å². The highest BCUT2D eigenvalue weighted by molar-refractivity contribution is 4.90. The maximum absolute atomic E-state index is 9.95. The van der Waals surface area contributed by atoms with Crippen molar-refractivity contribution >= 4 is 0 Å². The highest BCUT2D eigenvalue weighted by Crippen LogP contribution is 2.34. The minimum Gasteiger partial charge on any atom is -0.390 e. The molecule has 2 aliphatic heterocycles. The van der Waals surface area contributed by atoms with Gasteiger partial charge in [0.1, 0.15) is 0 Å². The molecule has 3 heteroatoms. The molecule has 2 saturated heterocycles. The Morgan fingerprint density at radius 1 is 1.12 bits per heavy atom. The van der Waals surface area contributed by atoms with Crippen molar-refractivity contribution in [3.05, 3.63) is 0 Å². The maximum atomic E-state index is 9.95. The van der Waals surface area contributed by atoms with Crippen LogP contribution in [-0.4, -0.2) is 48.3 Å². The van der Waals surface area contributed by atoms with E-state index in [1.165, 1.54) is 19.3 Å². The van der Waals surface area contributed by atoms with E-state index in [4.69, 9.17) is 0 Å². The van der Waals surface area contributed by atoms with Gasteiger partial charge in [0.25, 0.3) is 0 Å². The monoisotopic (exact) mass is 240 g/mol. The molecular formula is C14H28N2O. The van der Waals surface area contributed by atoms with Crippen LogP contribution in [0.4, 0.5) is 0 Å². The number of β-amino-alcohol motifs (C(OH)–C–C–N with tert-alkyl or cyclic N) is 1. The summed E-state index contributed by atoms with van der Waals surface area (Å²) in [5, 5.41) is 13.2. The largest absolute Gasteiger partial charge is 0.390 e. The summed E-state index contributed by atoms with van der Waals surface area (Å²) < 4.78 is 0. The van der Waals surface area contributed by atoms with Crippen LogP contribution < -0.4 is 5.32 Å². The molecule has 2 aliphatic rings. The number of nitrogens with one attached hydrogen (secondary N) is 1. The predicted molar refractivity (Wildman–Crippen MR) is 71.0 cm³/mol. The van der Waals surface area contributed by atoms with Gasteiger partial charge in [-0.2, -0.15) is 0 Å². The summed E-state index contributed by atoms with van der Waals surface area (Å²) >= 11 is 0. The smallest absolute Gasteiger partial charge is 0.0831 e. The highest BCUT2D eigenvalue weighted by Gasteiger charge is 2.33. The molecule has 0 aliphatic carbocycles. The summed E-state index contributed by atoms with van der Waals surface area (Å²) in [6.07, 6.45) is 3.75. The molecule has 2 heterocycles. The van der Waals surface area contributed by atoms with E-state index >= 15 is 0 Å². The van der Waals surface area contributed by atoms with Gasteiger partial charge >= 0.3 is 0 Å². The summed E-state index contributed by atoms with van der Waals surface area (Å²) in [7, 11) is 0. The van der Waals surface area contributed by atoms with E-state index in [-0.39, 0.29) is 6.10 Å². The molecule has 0 spiro atoms. The van der Waals surface area contributed by atoms with Crippen molar-refractivity contribution in [3.63, 3.8) is 0 Å². The average Bonchev–Trinajstić information content (AvgIpc) is 2.53. The first-order chi connectivity index (χ1) is 7.98. The summed E-state index contributed by atoms with van der Waals surface area (Å²) in [6, 6.07) is 0.355. The molecule has 0 saturated carbocycles. The Labute approximate surface area is 106 Å². The average molecular weight is 240 g/mol. The summed E-state index contributed by atoms with van der Waals surface area (Å²) in [5.74, 6) is 0.832. The fraction of sp³-hybridized carbons (Fsp3) is 1.00. The first-order valence-electron chi connectivity index (χ1n) is 7.11. The van der Waals surface area contributed by atoms with Crippen LogP contribution in [0.3, 0.4) is 0 Å². The van der Waals surface area contributed by atoms with Gasteiger partial charge in [-0.25, -0.2) is 0 Å². The third-order valence-corrected chi connectivity index (χ3v) is 4.61. The fourth-order valence-corrected chi connectivity index (χ4v) is 3.34. The molecule has 0 amide bonds. The van der Waals surface area contributed by atoms with Crippen molar-refractivity contribution in [2.45, 2.75) is 52.2 Å². The molecule has 3 atom stereocenters. The van der Waals surface area contributed by atoms with E-state index in [0.717, 1.165) is 32.1 Å². The highest BCUT2D eigenvalue weighted by atomic mass is 16.3. The Morgan fingerprint density at radius 3 is 2.47 bits per heavy atom. The molecule has 0 aromatic carbocycles. The zero-order valence-electron chi connectivity index (χ0n) is 11.6. The molecule has 2 N–H and O–H groups in total. The van der Waals surface area contributed by atoms with Crippen molar-refractivity contribution in [3.8, 4) is 0 Å². The third kappa shape index (κ3) is 3.21. The van der Waals surface area contributed by atoms with Crippen LogP contribution >= 0.6 is 0 Å². The van der Waals surface area contributed by atoms with Crippen molar-refractivity contribution in [1.82, 2.24) is 10.2 Å². The second kappa shape index (κ2) is 5.25. The lowest BCUT2D eigenvalue weighted by molar-refractivity contribution is 0.0829. The summed E-state index contributed by atoms with van der Waals surface area (Å²) in [6.45, 7) is 11.1. The van der Waals surface area contributed by atoms with E-state index in [1.54, 1.807) is 0 Å². The molecule has 3 unspecified atom stereocenters. The van der Waals surface area contributed by atoms with Gasteiger partial charge in [-0.05, 0) is 43.7 Å². The molecular weight excluding hydrogens is 212 g/mol. The fourth-order valence-electron chi connectivity index (χ4n) is 3.34. The second-order valence-corrected chi connectivity index (χ2v) is 6.82. The van der Waals surface area contributed by atoms with Gasteiger partial charge in [-0.3, -0.25) is 4.90 Å². The Balaban J connectivity index is 1.91. The minimum atomic E-state index is -0.166.